The molecule has 1 aliphatic heterocycles. The van der Waals surface area contributed by atoms with Gasteiger partial charge in [-0.3, -0.25) is 9.59 Å². The number of nitrogens with one attached hydrogen (secondary N) is 1. The van der Waals surface area contributed by atoms with Crippen LogP contribution in [0.15, 0.2) is 60.7 Å². The van der Waals surface area contributed by atoms with Crippen LogP contribution in [0.3, 0.4) is 0 Å². The number of anilines is 2. The van der Waals surface area contributed by atoms with Crippen LogP contribution in [0.4, 0.5) is 11.4 Å². The molecule has 0 saturated carbocycles. The van der Waals surface area contributed by atoms with Gasteiger partial charge in [-0.15, -0.1) is 0 Å². The molecule has 2 heterocycles. The van der Waals surface area contributed by atoms with E-state index in [9.17, 15) is 9.59 Å². The smallest absolute Gasteiger partial charge is 0.229 e. The molecule has 0 bridgehead atoms. The van der Waals surface area contributed by atoms with Gasteiger partial charge in [0.15, 0.2) is 0 Å². The van der Waals surface area contributed by atoms with Crippen molar-refractivity contribution in [3.63, 3.8) is 0 Å². The van der Waals surface area contributed by atoms with Gasteiger partial charge >= 0.3 is 0 Å². The number of amides is 2. The zero-order valence-corrected chi connectivity index (χ0v) is 17.0. The van der Waals surface area contributed by atoms with Crippen LogP contribution in [0.1, 0.15) is 23.4 Å². The van der Waals surface area contributed by atoms with E-state index in [1.54, 1.807) is 4.90 Å². The fourth-order valence-corrected chi connectivity index (χ4v) is 3.87. The fourth-order valence-electron chi connectivity index (χ4n) is 3.87. The van der Waals surface area contributed by atoms with Crippen LogP contribution in [-0.2, 0) is 9.59 Å². The van der Waals surface area contributed by atoms with Gasteiger partial charge in [0.25, 0.3) is 0 Å². The number of carbonyl (C=O) groups is 2. The predicted octanol–water partition coefficient (Wildman–Crippen LogP) is 4.39. The average molecular weight is 387 g/mol. The van der Waals surface area contributed by atoms with E-state index in [-0.39, 0.29) is 24.2 Å². The number of hydrogen-bond acceptors (Lipinski definition) is 2. The fraction of sp³-hybridized carbons (Fsp3) is 0.250. The molecule has 1 N–H and O–H groups in total. The van der Waals surface area contributed by atoms with Crippen LogP contribution >= 0.6 is 0 Å². The molecule has 0 radical (unpaired) electrons. The number of benzene rings is 2. The van der Waals surface area contributed by atoms with Gasteiger partial charge in [0.2, 0.25) is 11.8 Å². The molecule has 1 aliphatic rings. The highest BCUT2D eigenvalue weighted by Gasteiger charge is 2.35. The number of hydrogen-bond donors (Lipinski definition) is 1. The Morgan fingerprint density at radius 2 is 1.45 bits per heavy atom. The van der Waals surface area contributed by atoms with Crippen molar-refractivity contribution in [1.29, 1.82) is 0 Å². The van der Waals surface area contributed by atoms with E-state index in [2.05, 4.69) is 35.9 Å². The summed E-state index contributed by atoms with van der Waals surface area (Å²) in [6, 6.07) is 19.8. The van der Waals surface area contributed by atoms with E-state index in [1.807, 2.05) is 55.5 Å². The number of aromatic nitrogens is 1. The minimum atomic E-state index is -0.350. The van der Waals surface area contributed by atoms with E-state index in [0.29, 0.717) is 6.54 Å². The van der Waals surface area contributed by atoms with E-state index in [4.69, 9.17) is 0 Å². The van der Waals surface area contributed by atoms with Crippen LogP contribution in [-0.4, -0.2) is 22.9 Å². The maximum absolute atomic E-state index is 12.7. The SMILES string of the molecule is Cc1ccc(N2C[C@H](C(=O)Nc3ccc(-n4c(C)ccc4C)cc3)CC2=O)cc1. The van der Waals surface area contributed by atoms with Crippen molar-refractivity contribution in [2.45, 2.75) is 27.2 Å². The summed E-state index contributed by atoms with van der Waals surface area (Å²) in [7, 11) is 0. The summed E-state index contributed by atoms with van der Waals surface area (Å²) in [6.07, 6.45) is 0.236. The molecular weight excluding hydrogens is 362 g/mol. The molecule has 4 rings (SSSR count). The van der Waals surface area contributed by atoms with Gasteiger partial charge < -0.3 is 14.8 Å². The highest BCUT2D eigenvalue weighted by atomic mass is 16.2. The highest BCUT2D eigenvalue weighted by Crippen LogP contribution is 2.26. The Morgan fingerprint density at radius 1 is 0.862 bits per heavy atom. The molecule has 3 aromatic rings. The Labute approximate surface area is 171 Å². The third-order valence-electron chi connectivity index (χ3n) is 5.51. The van der Waals surface area contributed by atoms with Gasteiger partial charge in [-0.05, 0) is 69.3 Å². The minimum Gasteiger partial charge on any atom is -0.326 e. The summed E-state index contributed by atoms with van der Waals surface area (Å²) in [4.78, 5) is 26.8. The summed E-state index contributed by atoms with van der Waals surface area (Å²) >= 11 is 0. The molecule has 5 heteroatoms. The maximum Gasteiger partial charge on any atom is 0.229 e. The number of rotatable bonds is 4. The molecule has 0 unspecified atom stereocenters. The Bertz CT molecular complexity index is 1030. The average Bonchev–Trinajstić information content (AvgIpc) is 3.25. The largest absolute Gasteiger partial charge is 0.326 e. The normalized spacial score (nSPS) is 16.3. The van der Waals surface area contributed by atoms with E-state index < -0.39 is 0 Å². The third-order valence-corrected chi connectivity index (χ3v) is 5.51. The van der Waals surface area contributed by atoms with Crippen LogP contribution in [0, 0.1) is 26.7 Å². The Kier molecular flexibility index (Phi) is 4.97. The first kappa shape index (κ1) is 19.0. The Hall–Kier alpha value is -3.34. The monoisotopic (exact) mass is 387 g/mol. The summed E-state index contributed by atoms with van der Waals surface area (Å²) in [5, 5.41) is 2.96. The molecule has 1 fully saturated rings. The first-order chi connectivity index (χ1) is 13.9. The molecule has 1 saturated heterocycles. The second-order valence-electron chi connectivity index (χ2n) is 7.73. The van der Waals surface area contributed by atoms with Crippen molar-refractivity contribution in [3.05, 3.63) is 77.6 Å². The van der Waals surface area contributed by atoms with Crippen LogP contribution in [0.5, 0.6) is 0 Å². The molecule has 1 atom stereocenters. The molecule has 2 amide bonds. The maximum atomic E-state index is 12.7. The van der Waals surface area contributed by atoms with Crippen molar-refractivity contribution >= 4 is 23.2 Å². The highest BCUT2D eigenvalue weighted by molar-refractivity contribution is 6.03. The lowest BCUT2D eigenvalue weighted by Gasteiger charge is -2.17. The minimum absolute atomic E-state index is 0.0112. The second-order valence-corrected chi connectivity index (χ2v) is 7.73. The summed E-state index contributed by atoms with van der Waals surface area (Å²) in [6.45, 7) is 6.56. The van der Waals surface area contributed by atoms with Crippen molar-refractivity contribution in [3.8, 4) is 5.69 Å². The van der Waals surface area contributed by atoms with E-state index in [1.165, 1.54) is 11.4 Å². The van der Waals surface area contributed by atoms with Crippen LogP contribution < -0.4 is 10.2 Å². The number of aryl methyl sites for hydroxylation is 3. The van der Waals surface area contributed by atoms with Crippen molar-refractivity contribution in [2.24, 2.45) is 5.92 Å². The Morgan fingerprint density at radius 3 is 2.07 bits per heavy atom. The zero-order valence-electron chi connectivity index (χ0n) is 17.0. The van der Waals surface area contributed by atoms with E-state index in [0.717, 1.165) is 22.6 Å². The topological polar surface area (TPSA) is 54.3 Å². The summed E-state index contributed by atoms with van der Waals surface area (Å²) < 4.78 is 2.17. The van der Waals surface area contributed by atoms with Gasteiger partial charge in [0, 0.05) is 41.4 Å². The first-order valence-electron chi connectivity index (χ1n) is 9.85. The first-order valence-corrected chi connectivity index (χ1v) is 9.85. The van der Waals surface area contributed by atoms with Gasteiger partial charge in [-0.2, -0.15) is 0 Å². The predicted molar refractivity (Wildman–Crippen MR) is 116 cm³/mol. The molecule has 1 aromatic heterocycles. The molecule has 148 valence electrons. The van der Waals surface area contributed by atoms with Gasteiger partial charge in [0.05, 0.1) is 5.92 Å². The van der Waals surface area contributed by atoms with E-state index >= 15 is 0 Å². The third kappa shape index (κ3) is 3.81. The molecule has 0 aliphatic carbocycles. The quantitative estimate of drug-likeness (QED) is 0.722. The lowest BCUT2D eigenvalue weighted by Crippen LogP contribution is -2.28. The lowest BCUT2D eigenvalue weighted by molar-refractivity contribution is -0.122. The molecule has 0 spiro atoms. The zero-order chi connectivity index (χ0) is 20.5. The Balaban J connectivity index is 1.43. The molecule has 5 nitrogen and oxygen atoms in total. The summed E-state index contributed by atoms with van der Waals surface area (Å²) in [5.41, 5.74) is 6.12. The molecule has 29 heavy (non-hydrogen) atoms. The summed E-state index contributed by atoms with van der Waals surface area (Å²) in [5.74, 6) is -0.477. The van der Waals surface area contributed by atoms with Crippen LogP contribution in [0.25, 0.3) is 5.69 Å². The number of carbonyl (C=O) groups excluding carboxylic acids is 2. The van der Waals surface area contributed by atoms with Crippen molar-refractivity contribution in [1.82, 2.24) is 4.57 Å². The standard InChI is InChI=1S/C24H25N3O2/c1-16-4-10-21(11-5-16)26-15-19(14-23(26)28)24(29)25-20-8-12-22(13-9-20)27-17(2)6-7-18(27)3/h4-13,19H,14-15H2,1-3H3,(H,25,29)/t19-/m1/s1. The van der Waals surface area contributed by atoms with Gasteiger partial charge in [-0.25, -0.2) is 0 Å². The second kappa shape index (κ2) is 7.59. The van der Waals surface area contributed by atoms with Crippen molar-refractivity contribution < 1.29 is 9.59 Å². The number of nitrogens with zero attached hydrogens (tertiary/aromatic N) is 2. The molecule has 2 aromatic carbocycles. The van der Waals surface area contributed by atoms with Crippen LogP contribution in [0.2, 0.25) is 0 Å². The molecular formula is C24H25N3O2. The van der Waals surface area contributed by atoms with Gasteiger partial charge in [0.1, 0.15) is 0 Å². The lowest BCUT2D eigenvalue weighted by atomic mass is 10.1. The van der Waals surface area contributed by atoms with Crippen molar-refractivity contribution in [2.75, 3.05) is 16.8 Å². The van der Waals surface area contributed by atoms with Gasteiger partial charge in [-0.1, -0.05) is 17.7 Å².